The van der Waals surface area contributed by atoms with Gasteiger partial charge in [-0.05, 0) is 54.2 Å². The quantitative estimate of drug-likeness (QED) is 0.565. The van der Waals surface area contributed by atoms with E-state index in [0.29, 0.717) is 37.3 Å². The molecule has 0 radical (unpaired) electrons. The molecule has 1 atom stereocenters. The zero-order chi connectivity index (χ0) is 22.7. The molecule has 32 heavy (non-hydrogen) atoms. The Morgan fingerprint density at radius 2 is 1.81 bits per heavy atom. The average molecular weight is 453 g/mol. The maximum Gasteiger partial charge on any atom is 0.238 e. The normalized spacial score (nSPS) is 15.8. The van der Waals surface area contributed by atoms with E-state index in [9.17, 15) is 13.2 Å². The lowest BCUT2D eigenvalue weighted by atomic mass is 9.82. The summed E-state index contributed by atoms with van der Waals surface area (Å²) in [7, 11) is -2.07. The molecule has 0 aliphatic heterocycles. The van der Waals surface area contributed by atoms with Crippen molar-refractivity contribution in [3.63, 3.8) is 0 Å². The molecule has 1 heterocycles. The van der Waals surface area contributed by atoms with Crippen LogP contribution in [0.5, 0.6) is 5.75 Å². The van der Waals surface area contributed by atoms with Gasteiger partial charge in [-0.25, -0.2) is 23.5 Å². The first-order valence-electron chi connectivity index (χ1n) is 10.2. The molecule has 0 bridgehead atoms. The van der Waals surface area contributed by atoms with Crippen LogP contribution < -0.4 is 15.2 Å². The summed E-state index contributed by atoms with van der Waals surface area (Å²) in [6, 6.07) is 14.2. The molecule has 1 aliphatic rings. The summed E-state index contributed by atoms with van der Waals surface area (Å²) in [5.74, 6) is 1.37. The van der Waals surface area contributed by atoms with Crippen LogP contribution in [0.4, 0.5) is 5.95 Å². The van der Waals surface area contributed by atoms with Gasteiger partial charge in [0.1, 0.15) is 5.75 Å². The number of nitrogens with two attached hydrogens (primary N) is 1. The van der Waals surface area contributed by atoms with Crippen molar-refractivity contribution in [3.05, 3.63) is 77.1 Å². The Kier molecular flexibility index (Phi) is 6.20. The number of carbonyl (C=O) groups is 1. The standard InChI is InChI=1S/C23H24N4O4S/c1-31-18-6-4-16(5-7-18)17-12-21-20(22(28)13-17)14-26-23(27-21)25-11-10-15-2-8-19(9-3-15)32(24,29)30/h2-9,14,17H,10-13H2,1H3,(H2,24,29,30)(H,25,26,27). The number of ketones is 1. The number of aromatic nitrogens is 2. The second kappa shape index (κ2) is 9.05. The Bertz CT molecular complexity index is 1230. The molecule has 0 amide bonds. The van der Waals surface area contributed by atoms with Crippen molar-refractivity contribution in [2.24, 2.45) is 5.14 Å². The summed E-state index contributed by atoms with van der Waals surface area (Å²) < 4.78 is 27.9. The van der Waals surface area contributed by atoms with Crippen molar-refractivity contribution in [1.29, 1.82) is 0 Å². The van der Waals surface area contributed by atoms with E-state index in [0.717, 1.165) is 22.6 Å². The first kappa shape index (κ1) is 21.9. The van der Waals surface area contributed by atoms with Gasteiger partial charge >= 0.3 is 0 Å². The maximum absolute atomic E-state index is 12.6. The van der Waals surface area contributed by atoms with Gasteiger partial charge in [0.25, 0.3) is 0 Å². The maximum atomic E-state index is 12.6. The fraction of sp³-hybridized carbons (Fsp3) is 0.261. The highest BCUT2D eigenvalue weighted by Gasteiger charge is 2.28. The molecule has 0 saturated heterocycles. The monoisotopic (exact) mass is 452 g/mol. The molecule has 9 heteroatoms. The van der Waals surface area contributed by atoms with Crippen LogP contribution in [0.1, 0.15) is 39.5 Å². The third kappa shape index (κ3) is 4.95. The van der Waals surface area contributed by atoms with Crippen molar-refractivity contribution >= 4 is 21.8 Å². The van der Waals surface area contributed by atoms with E-state index in [4.69, 9.17) is 9.88 Å². The van der Waals surface area contributed by atoms with Crippen LogP contribution in [0, 0.1) is 0 Å². The smallest absolute Gasteiger partial charge is 0.238 e. The number of hydrogen-bond acceptors (Lipinski definition) is 7. The summed E-state index contributed by atoms with van der Waals surface area (Å²) in [5.41, 5.74) is 3.37. The van der Waals surface area contributed by atoms with Gasteiger partial charge in [-0.1, -0.05) is 24.3 Å². The lowest BCUT2D eigenvalue weighted by molar-refractivity contribution is 0.0962. The fourth-order valence-corrected chi connectivity index (χ4v) is 4.32. The van der Waals surface area contributed by atoms with Crippen molar-refractivity contribution in [3.8, 4) is 5.75 Å². The van der Waals surface area contributed by atoms with Crippen LogP contribution in [0.25, 0.3) is 0 Å². The van der Waals surface area contributed by atoms with Crippen LogP contribution in [0.3, 0.4) is 0 Å². The number of hydrogen-bond donors (Lipinski definition) is 2. The predicted octanol–water partition coefficient (Wildman–Crippen LogP) is 2.70. The molecule has 0 saturated carbocycles. The molecular weight excluding hydrogens is 428 g/mol. The highest BCUT2D eigenvalue weighted by atomic mass is 32.2. The minimum atomic E-state index is -3.69. The number of primary sulfonamides is 1. The number of nitrogens with one attached hydrogen (secondary N) is 1. The Labute approximate surface area is 186 Å². The number of Topliss-reactive ketones (excluding diaryl/α,β-unsaturated/α-hetero) is 1. The van der Waals surface area contributed by atoms with Gasteiger partial charge in [-0.2, -0.15) is 0 Å². The van der Waals surface area contributed by atoms with E-state index >= 15 is 0 Å². The minimum absolute atomic E-state index is 0.0496. The molecule has 4 rings (SSSR count). The van der Waals surface area contributed by atoms with Crippen LogP contribution in [0.2, 0.25) is 0 Å². The van der Waals surface area contributed by atoms with Crippen LogP contribution in [-0.4, -0.2) is 37.8 Å². The number of benzene rings is 2. The van der Waals surface area contributed by atoms with Gasteiger partial charge in [0.05, 0.1) is 23.3 Å². The van der Waals surface area contributed by atoms with E-state index in [1.807, 2.05) is 24.3 Å². The Morgan fingerprint density at radius 3 is 2.47 bits per heavy atom. The molecule has 1 aliphatic carbocycles. The molecule has 0 fully saturated rings. The summed E-state index contributed by atoms with van der Waals surface area (Å²) in [6.45, 7) is 0.559. The van der Waals surface area contributed by atoms with Crippen LogP contribution in [-0.2, 0) is 22.9 Å². The lowest BCUT2D eigenvalue weighted by Crippen LogP contribution is -2.21. The highest BCUT2D eigenvalue weighted by molar-refractivity contribution is 7.89. The molecule has 3 aromatic rings. The average Bonchev–Trinajstić information content (AvgIpc) is 2.78. The van der Waals surface area contributed by atoms with Crippen molar-refractivity contribution in [1.82, 2.24) is 9.97 Å². The molecule has 1 unspecified atom stereocenters. The number of sulfonamides is 1. The molecule has 0 spiro atoms. The van der Waals surface area contributed by atoms with Crippen molar-refractivity contribution in [2.45, 2.75) is 30.1 Å². The minimum Gasteiger partial charge on any atom is -0.497 e. The fourth-order valence-electron chi connectivity index (χ4n) is 3.81. The molecule has 3 N–H and O–H groups in total. The molecule has 2 aromatic carbocycles. The third-order valence-corrected chi connectivity index (χ3v) is 6.50. The SMILES string of the molecule is COc1ccc(C2CC(=O)c3cnc(NCCc4ccc(S(N)(=O)=O)cc4)nc3C2)cc1. The van der Waals surface area contributed by atoms with Crippen LogP contribution in [0.15, 0.2) is 59.6 Å². The zero-order valence-electron chi connectivity index (χ0n) is 17.6. The Morgan fingerprint density at radius 1 is 1.09 bits per heavy atom. The second-order valence-electron chi connectivity index (χ2n) is 7.72. The molecule has 8 nitrogen and oxygen atoms in total. The van der Waals surface area contributed by atoms with Crippen molar-refractivity contribution < 1.29 is 17.9 Å². The summed E-state index contributed by atoms with van der Waals surface area (Å²) in [4.78, 5) is 21.6. The van der Waals surface area contributed by atoms with Gasteiger partial charge in [-0.15, -0.1) is 0 Å². The topological polar surface area (TPSA) is 124 Å². The van der Waals surface area contributed by atoms with Gasteiger partial charge in [0, 0.05) is 19.2 Å². The number of methoxy groups -OCH3 is 1. The second-order valence-corrected chi connectivity index (χ2v) is 9.28. The van der Waals surface area contributed by atoms with Gasteiger partial charge in [-0.3, -0.25) is 4.79 Å². The zero-order valence-corrected chi connectivity index (χ0v) is 18.4. The third-order valence-electron chi connectivity index (χ3n) is 5.58. The van der Waals surface area contributed by atoms with Crippen LogP contribution >= 0.6 is 0 Å². The van der Waals surface area contributed by atoms with Gasteiger partial charge in [0.2, 0.25) is 16.0 Å². The molecular formula is C23H24N4O4S. The Balaban J connectivity index is 1.41. The first-order valence-corrected chi connectivity index (χ1v) is 11.8. The van der Waals surface area contributed by atoms with Crippen molar-refractivity contribution in [2.75, 3.05) is 19.0 Å². The largest absolute Gasteiger partial charge is 0.497 e. The molecule has 166 valence electrons. The van der Waals surface area contributed by atoms with Gasteiger partial charge < -0.3 is 10.1 Å². The van der Waals surface area contributed by atoms with E-state index in [2.05, 4.69) is 15.3 Å². The highest BCUT2D eigenvalue weighted by Crippen LogP contribution is 2.32. The number of fused-ring (bicyclic) bond motifs is 1. The summed E-state index contributed by atoms with van der Waals surface area (Å²) in [5, 5.41) is 8.30. The van der Waals surface area contributed by atoms with E-state index in [-0.39, 0.29) is 16.6 Å². The number of nitrogens with zero attached hydrogens (tertiary/aromatic N) is 2. The number of ether oxygens (including phenoxy) is 1. The van der Waals surface area contributed by atoms with E-state index in [1.165, 1.54) is 12.1 Å². The first-order chi connectivity index (χ1) is 15.3. The Hall–Kier alpha value is -3.30. The van der Waals surface area contributed by atoms with E-state index in [1.54, 1.807) is 25.4 Å². The van der Waals surface area contributed by atoms with E-state index < -0.39 is 10.0 Å². The summed E-state index contributed by atoms with van der Waals surface area (Å²) in [6.07, 6.45) is 3.35. The summed E-state index contributed by atoms with van der Waals surface area (Å²) >= 11 is 0. The number of carbonyl (C=O) groups excluding carboxylic acids is 1. The number of anilines is 1. The number of rotatable bonds is 7. The lowest BCUT2D eigenvalue weighted by Gasteiger charge is -2.23. The van der Waals surface area contributed by atoms with Gasteiger partial charge in [0.15, 0.2) is 5.78 Å². The predicted molar refractivity (Wildman–Crippen MR) is 120 cm³/mol. The molecule has 1 aromatic heterocycles.